The quantitative estimate of drug-likeness (QED) is 0.289. The Morgan fingerprint density at radius 3 is 2.55 bits per heavy atom. The number of anilines is 1. The number of nitrogens with zero attached hydrogens (tertiary/aromatic N) is 1. The molecule has 0 bridgehead atoms. The molecule has 2 unspecified atom stereocenters. The van der Waals surface area contributed by atoms with E-state index in [1.807, 2.05) is 18.2 Å². The second-order valence-corrected chi connectivity index (χ2v) is 9.41. The van der Waals surface area contributed by atoms with Crippen molar-refractivity contribution >= 4 is 35.2 Å². The number of hydrogen-bond donors (Lipinski definition) is 3. The largest absolute Gasteiger partial charge is 0.383 e. The lowest BCUT2D eigenvalue weighted by Crippen LogP contribution is -2.54. The van der Waals surface area contributed by atoms with Crippen LogP contribution in [0.2, 0.25) is 0 Å². The first-order valence-corrected chi connectivity index (χ1v) is 12.8. The molecular weight excluding hydrogens is 488 g/mol. The lowest BCUT2D eigenvalue weighted by atomic mass is 10.0. The van der Waals surface area contributed by atoms with Gasteiger partial charge < -0.3 is 15.4 Å². The SMILES string of the molecule is COCC(NCCCCCC(=O)Nc1cccc2c1C(=O)N(C1CCC(=O)NC1=O)C2=O)c1ccccc1. The predicted octanol–water partition coefficient (Wildman–Crippen LogP) is 2.56. The number of piperidine rings is 1. The maximum atomic E-state index is 13.1. The summed E-state index contributed by atoms with van der Waals surface area (Å²) in [6.45, 7) is 1.35. The molecule has 1 fully saturated rings. The van der Waals surface area contributed by atoms with Gasteiger partial charge in [-0.1, -0.05) is 42.8 Å². The third-order valence-corrected chi connectivity index (χ3v) is 6.75. The molecule has 2 atom stereocenters. The van der Waals surface area contributed by atoms with E-state index in [0.717, 1.165) is 29.8 Å². The Hall–Kier alpha value is -3.89. The minimum Gasteiger partial charge on any atom is -0.383 e. The summed E-state index contributed by atoms with van der Waals surface area (Å²) in [6.07, 6.45) is 2.77. The van der Waals surface area contributed by atoms with Gasteiger partial charge in [-0.25, -0.2) is 0 Å². The van der Waals surface area contributed by atoms with Crippen molar-refractivity contribution in [2.75, 3.05) is 25.6 Å². The number of benzene rings is 2. The number of unbranched alkanes of at least 4 members (excludes halogenated alkanes) is 2. The van der Waals surface area contributed by atoms with Crippen LogP contribution in [0.4, 0.5) is 5.69 Å². The Balaban J connectivity index is 1.27. The van der Waals surface area contributed by atoms with Crippen molar-refractivity contribution in [2.45, 2.75) is 50.6 Å². The van der Waals surface area contributed by atoms with E-state index in [1.54, 1.807) is 19.2 Å². The van der Waals surface area contributed by atoms with Crippen LogP contribution in [0.25, 0.3) is 0 Å². The maximum Gasteiger partial charge on any atom is 0.264 e. The smallest absolute Gasteiger partial charge is 0.264 e. The van der Waals surface area contributed by atoms with Gasteiger partial charge >= 0.3 is 0 Å². The first-order chi connectivity index (χ1) is 18.4. The molecular formula is C28H32N4O6. The van der Waals surface area contributed by atoms with Gasteiger partial charge in [0.2, 0.25) is 17.7 Å². The highest BCUT2D eigenvalue weighted by atomic mass is 16.5. The van der Waals surface area contributed by atoms with Gasteiger partial charge in [0.25, 0.3) is 11.8 Å². The number of imide groups is 2. The molecule has 3 N–H and O–H groups in total. The summed E-state index contributed by atoms with van der Waals surface area (Å²) in [4.78, 5) is 63.3. The van der Waals surface area contributed by atoms with Crippen molar-refractivity contribution in [1.29, 1.82) is 0 Å². The van der Waals surface area contributed by atoms with Crippen LogP contribution in [0, 0.1) is 0 Å². The van der Waals surface area contributed by atoms with E-state index in [-0.39, 0.29) is 48.0 Å². The van der Waals surface area contributed by atoms with Crippen LogP contribution < -0.4 is 16.0 Å². The fourth-order valence-electron chi connectivity index (χ4n) is 4.82. The molecule has 38 heavy (non-hydrogen) atoms. The molecule has 200 valence electrons. The summed E-state index contributed by atoms with van der Waals surface area (Å²) in [5, 5.41) is 8.42. The first kappa shape index (κ1) is 27.2. The minimum absolute atomic E-state index is 0.0439. The van der Waals surface area contributed by atoms with Gasteiger partial charge in [-0.15, -0.1) is 0 Å². The second kappa shape index (κ2) is 12.6. The maximum absolute atomic E-state index is 13.1. The van der Waals surface area contributed by atoms with Gasteiger partial charge in [0.05, 0.1) is 29.5 Å². The zero-order valence-corrected chi connectivity index (χ0v) is 21.3. The molecule has 0 aliphatic carbocycles. The number of fused-ring (bicyclic) bond motifs is 1. The van der Waals surface area contributed by atoms with Crippen LogP contribution in [-0.4, -0.2) is 60.7 Å². The van der Waals surface area contributed by atoms with E-state index in [1.165, 1.54) is 6.07 Å². The number of carbonyl (C=O) groups is 5. The third kappa shape index (κ3) is 6.15. The fourth-order valence-corrected chi connectivity index (χ4v) is 4.82. The Bertz CT molecular complexity index is 1220. The highest BCUT2D eigenvalue weighted by Gasteiger charge is 2.45. The van der Waals surface area contributed by atoms with Crippen LogP contribution in [0.1, 0.15) is 70.8 Å². The monoisotopic (exact) mass is 520 g/mol. The highest BCUT2D eigenvalue weighted by Crippen LogP contribution is 2.32. The normalized spacial score (nSPS) is 17.8. The molecule has 10 heteroatoms. The van der Waals surface area contributed by atoms with Crippen LogP contribution in [-0.2, 0) is 19.1 Å². The highest BCUT2D eigenvalue weighted by molar-refractivity contribution is 6.26. The molecule has 5 amide bonds. The lowest BCUT2D eigenvalue weighted by molar-refractivity contribution is -0.136. The zero-order chi connectivity index (χ0) is 27.1. The Morgan fingerprint density at radius 1 is 1.03 bits per heavy atom. The first-order valence-electron chi connectivity index (χ1n) is 12.8. The van der Waals surface area contributed by atoms with Crippen molar-refractivity contribution in [1.82, 2.24) is 15.5 Å². The van der Waals surface area contributed by atoms with Crippen molar-refractivity contribution < 1.29 is 28.7 Å². The number of nitrogens with one attached hydrogen (secondary N) is 3. The van der Waals surface area contributed by atoms with Crippen LogP contribution >= 0.6 is 0 Å². The molecule has 10 nitrogen and oxygen atoms in total. The van der Waals surface area contributed by atoms with Crippen LogP contribution in [0.5, 0.6) is 0 Å². The topological polar surface area (TPSA) is 134 Å². The van der Waals surface area contributed by atoms with Gasteiger partial charge in [-0.2, -0.15) is 0 Å². The average Bonchev–Trinajstić information content (AvgIpc) is 3.16. The molecule has 2 aliphatic heterocycles. The average molecular weight is 521 g/mol. The summed E-state index contributed by atoms with van der Waals surface area (Å²) < 4.78 is 5.32. The standard InChI is InChI=1S/C28H32N4O6/c1-38-17-21(18-9-4-2-5-10-18)29-16-7-3-6-13-23(33)30-20-12-8-11-19-25(20)28(37)32(27(19)36)22-14-15-24(34)31-26(22)35/h2,4-5,8-12,21-22,29H,3,6-7,13-17H2,1H3,(H,30,33)(H,31,34,35). The number of carbonyl (C=O) groups excluding carboxylic acids is 5. The van der Waals surface area contributed by atoms with Gasteiger partial charge in [0.1, 0.15) is 6.04 Å². The van der Waals surface area contributed by atoms with Crippen molar-refractivity contribution in [3.8, 4) is 0 Å². The molecule has 0 radical (unpaired) electrons. The summed E-state index contributed by atoms with van der Waals surface area (Å²) in [7, 11) is 1.67. The molecule has 0 spiro atoms. The molecule has 2 aliphatic rings. The Labute approximate surface area is 221 Å². The van der Waals surface area contributed by atoms with Gasteiger partial charge in [-0.05, 0) is 43.5 Å². The summed E-state index contributed by atoms with van der Waals surface area (Å²) in [6, 6.07) is 13.8. The second-order valence-electron chi connectivity index (χ2n) is 9.41. The lowest BCUT2D eigenvalue weighted by Gasteiger charge is -2.27. The molecule has 0 saturated carbocycles. The summed E-state index contributed by atoms with van der Waals surface area (Å²) in [5.74, 6) is -2.62. The van der Waals surface area contributed by atoms with Crippen LogP contribution in [0.3, 0.4) is 0 Å². The van der Waals surface area contributed by atoms with E-state index in [4.69, 9.17) is 4.74 Å². The van der Waals surface area contributed by atoms with Crippen molar-refractivity contribution in [3.05, 3.63) is 65.2 Å². The number of ether oxygens (including phenoxy) is 1. The third-order valence-electron chi connectivity index (χ3n) is 6.75. The van der Waals surface area contributed by atoms with Crippen LogP contribution in [0.15, 0.2) is 48.5 Å². The van der Waals surface area contributed by atoms with E-state index < -0.39 is 29.7 Å². The van der Waals surface area contributed by atoms with E-state index in [2.05, 4.69) is 28.1 Å². The molecule has 4 rings (SSSR count). The zero-order valence-electron chi connectivity index (χ0n) is 21.3. The van der Waals surface area contributed by atoms with Crippen molar-refractivity contribution in [2.24, 2.45) is 0 Å². The predicted molar refractivity (Wildman–Crippen MR) is 139 cm³/mol. The molecule has 2 aromatic rings. The van der Waals surface area contributed by atoms with E-state index in [9.17, 15) is 24.0 Å². The minimum atomic E-state index is -1.05. The van der Waals surface area contributed by atoms with Crippen molar-refractivity contribution in [3.63, 3.8) is 0 Å². The molecule has 1 saturated heterocycles. The molecule has 2 aromatic carbocycles. The van der Waals surface area contributed by atoms with Gasteiger partial charge in [0, 0.05) is 20.0 Å². The fraction of sp³-hybridized carbons (Fsp3) is 0.393. The van der Waals surface area contributed by atoms with Gasteiger partial charge in [0.15, 0.2) is 0 Å². The summed E-state index contributed by atoms with van der Waals surface area (Å²) in [5.41, 5.74) is 1.61. The Kier molecular flexibility index (Phi) is 8.98. The number of rotatable bonds is 12. The summed E-state index contributed by atoms with van der Waals surface area (Å²) >= 11 is 0. The van der Waals surface area contributed by atoms with E-state index in [0.29, 0.717) is 13.0 Å². The number of hydrogen-bond acceptors (Lipinski definition) is 7. The molecule has 0 aromatic heterocycles. The molecule has 2 heterocycles. The van der Waals surface area contributed by atoms with Gasteiger partial charge in [-0.3, -0.25) is 34.2 Å². The Morgan fingerprint density at radius 2 is 1.82 bits per heavy atom. The number of methoxy groups -OCH3 is 1. The van der Waals surface area contributed by atoms with E-state index >= 15 is 0 Å². The number of amides is 5.